The number of benzene rings is 1. The molecule has 0 unspecified atom stereocenters. The number of carbonyl (C=O) groups excluding carboxylic acids is 1. The highest BCUT2D eigenvalue weighted by Gasteiger charge is 2.14. The monoisotopic (exact) mass is 261 g/mol. The van der Waals surface area contributed by atoms with E-state index in [-0.39, 0.29) is 5.91 Å². The number of hydrogen-bond acceptors (Lipinski definition) is 3. The van der Waals surface area contributed by atoms with Crippen molar-refractivity contribution < 1.29 is 4.79 Å². The summed E-state index contributed by atoms with van der Waals surface area (Å²) in [6, 6.07) is 8.41. The Labute approximate surface area is 110 Å². The van der Waals surface area contributed by atoms with E-state index in [4.69, 9.17) is 17.3 Å². The minimum atomic E-state index is -0.162. The lowest BCUT2D eigenvalue weighted by Gasteiger charge is -2.17. The van der Waals surface area contributed by atoms with Crippen LogP contribution in [0.2, 0.25) is 5.02 Å². The summed E-state index contributed by atoms with van der Waals surface area (Å²) in [5, 5.41) is 0.375. The number of aromatic nitrogens is 1. The highest BCUT2D eigenvalue weighted by molar-refractivity contribution is 6.33. The molecule has 5 heteroatoms. The third-order valence-corrected chi connectivity index (χ3v) is 2.91. The van der Waals surface area contributed by atoms with Gasteiger partial charge in [-0.05, 0) is 30.3 Å². The summed E-state index contributed by atoms with van der Waals surface area (Å²) in [6.07, 6.45) is 3.28. The average molecular weight is 262 g/mol. The van der Waals surface area contributed by atoms with Crippen LogP contribution in [-0.2, 0) is 0 Å². The Bertz CT molecular complexity index is 572. The van der Waals surface area contributed by atoms with Gasteiger partial charge < -0.3 is 10.6 Å². The van der Waals surface area contributed by atoms with Crippen LogP contribution in [0.25, 0.3) is 0 Å². The minimum Gasteiger partial charge on any atom is -0.398 e. The molecule has 1 aromatic carbocycles. The molecule has 0 aliphatic carbocycles. The molecular formula is C13H12ClN3O. The number of nitrogens with zero attached hydrogens (tertiary/aromatic N) is 2. The van der Waals surface area contributed by atoms with E-state index >= 15 is 0 Å². The Morgan fingerprint density at radius 3 is 2.78 bits per heavy atom. The number of nitrogen functional groups attached to an aromatic ring is 1. The van der Waals surface area contributed by atoms with Crippen LogP contribution in [0.15, 0.2) is 42.7 Å². The second kappa shape index (κ2) is 5.06. The lowest BCUT2D eigenvalue weighted by Crippen LogP contribution is -2.26. The first-order valence-corrected chi connectivity index (χ1v) is 5.70. The molecule has 0 aliphatic heterocycles. The highest BCUT2D eigenvalue weighted by Crippen LogP contribution is 2.21. The number of amides is 1. The molecule has 1 aromatic heterocycles. The van der Waals surface area contributed by atoms with Crippen LogP contribution < -0.4 is 10.6 Å². The molecule has 0 saturated heterocycles. The number of halogens is 1. The Kier molecular flexibility index (Phi) is 3.48. The highest BCUT2D eigenvalue weighted by atomic mass is 35.5. The van der Waals surface area contributed by atoms with Crippen molar-refractivity contribution in [3.05, 3.63) is 53.3 Å². The summed E-state index contributed by atoms with van der Waals surface area (Å²) < 4.78 is 0. The summed E-state index contributed by atoms with van der Waals surface area (Å²) in [6.45, 7) is 0. The third-order valence-electron chi connectivity index (χ3n) is 2.59. The lowest BCUT2D eigenvalue weighted by molar-refractivity contribution is 0.0993. The van der Waals surface area contributed by atoms with Gasteiger partial charge >= 0.3 is 0 Å². The molecule has 1 amide bonds. The van der Waals surface area contributed by atoms with E-state index in [2.05, 4.69) is 4.98 Å². The van der Waals surface area contributed by atoms with Gasteiger partial charge in [-0.3, -0.25) is 9.78 Å². The second-order valence-corrected chi connectivity index (χ2v) is 4.22. The predicted molar refractivity (Wildman–Crippen MR) is 72.8 cm³/mol. The SMILES string of the molecule is CN(C(=O)c1ccc(N)c(Cl)c1)c1cccnc1. The van der Waals surface area contributed by atoms with E-state index in [1.807, 2.05) is 6.07 Å². The van der Waals surface area contributed by atoms with Crippen LogP contribution in [0, 0.1) is 0 Å². The first-order chi connectivity index (χ1) is 8.59. The Hall–Kier alpha value is -2.07. The van der Waals surface area contributed by atoms with Gasteiger partial charge in [0, 0.05) is 18.8 Å². The fourth-order valence-corrected chi connectivity index (χ4v) is 1.70. The zero-order valence-electron chi connectivity index (χ0n) is 9.80. The van der Waals surface area contributed by atoms with Crippen molar-refractivity contribution in [3.8, 4) is 0 Å². The van der Waals surface area contributed by atoms with Crippen molar-refractivity contribution in [3.63, 3.8) is 0 Å². The zero-order valence-corrected chi connectivity index (χ0v) is 10.6. The summed E-state index contributed by atoms with van der Waals surface area (Å²) >= 11 is 5.90. The third kappa shape index (κ3) is 2.43. The molecule has 0 atom stereocenters. The molecule has 2 rings (SSSR count). The van der Waals surface area contributed by atoms with Crippen molar-refractivity contribution in [2.75, 3.05) is 17.7 Å². The van der Waals surface area contributed by atoms with Crippen LogP contribution in [0.3, 0.4) is 0 Å². The molecule has 2 N–H and O–H groups in total. The summed E-state index contributed by atoms with van der Waals surface area (Å²) in [4.78, 5) is 17.7. The molecule has 92 valence electrons. The number of pyridine rings is 1. The molecular weight excluding hydrogens is 250 g/mol. The number of rotatable bonds is 2. The molecule has 0 saturated carbocycles. The maximum absolute atomic E-state index is 12.2. The van der Waals surface area contributed by atoms with Crippen molar-refractivity contribution in [2.24, 2.45) is 0 Å². The van der Waals surface area contributed by atoms with Crippen molar-refractivity contribution >= 4 is 28.9 Å². The van der Waals surface area contributed by atoms with Crippen LogP contribution in [-0.4, -0.2) is 17.9 Å². The Balaban J connectivity index is 2.29. The Morgan fingerprint density at radius 1 is 1.39 bits per heavy atom. The van der Waals surface area contributed by atoms with E-state index in [0.29, 0.717) is 16.3 Å². The van der Waals surface area contributed by atoms with Gasteiger partial charge in [0.25, 0.3) is 5.91 Å². The molecule has 0 bridgehead atoms. The van der Waals surface area contributed by atoms with Gasteiger partial charge in [-0.25, -0.2) is 0 Å². The van der Waals surface area contributed by atoms with Gasteiger partial charge in [-0.1, -0.05) is 11.6 Å². The van der Waals surface area contributed by atoms with Gasteiger partial charge in [-0.15, -0.1) is 0 Å². The van der Waals surface area contributed by atoms with E-state index < -0.39 is 0 Å². The van der Waals surface area contributed by atoms with E-state index in [9.17, 15) is 4.79 Å². The van der Waals surface area contributed by atoms with Crippen LogP contribution >= 0.6 is 11.6 Å². The minimum absolute atomic E-state index is 0.162. The van der Waals surface area contributed by atoms with Gasteiger partial charge in [0.2, 0.25) is 0 Å². The molecule has 2 aromatic rings. The molecule has 0 fully saturated rings. The molecule has 1 heterocycles. The zero-order chi connectivity index (χ0) is 13.1. The molecule has 0 radical (unpaired) electrons. The molecule has 4 nitrogen and oxygen atoms in total. The van der Waals surface area contributed by atoms with E-state index in [1.165, 1.54) is 4.90 Å². The number of carbonyl (C=O) groups is 1. The second-order valence-electron chi connectivity index (χ2n) is 3.81. The topological polar surface area (TPSA) is 59.2 Å². The lowest BCUT2D eigenvalue weighted by atomic mass is 10.2. The van der Waals surface area contributed by atoms with Gasteiger partial charge in [0.15, 0.2) is 0 Å². The predicted octanol–water partition coefficient (Wildman–Crippen LogP) is 2.59. The quantitative estimate of drug-likeness (QED) is 0.846. The fraction of sp³-hybridized carbons (Fsp3) is 0.0769. The van der Waals surface area contributed by atoms with Crippen molar-refractivity contribution in [1.82, 2.24) is 4.98 Å². The van der Waals surface area contributed by atoms with Crippen molar-refractivity contribution in [2.45, 2.75) is 0 Å². The standard InChI is InChI=1S/C13H12ClN3O/c1-17(10-3-2-6-16-8-10)13(18)9-4-5-12(15)11(14)7-9/h2-8H,15H2,1H3. The average Bonchev–Trinajstić information content (AvgIpc) is 2.41. The molecule has 0 aliphatic rings. The first-order valence-electron chi connectivity index (χ1n) is 5.32. The van der Waals surface area contributed by atoms with Crippen LogP contribution in [0.4, 0.5) is 11.4 Å². The van der Waals surface area contributed by atoms with Crippen molar-refractivity contribution in [1.29, 1.82) is 0 Å². The van der Waals surface area contributed by atoms with Crippen LogP contribution in [0.5, 0.6) is 0 Å². The molecule has 18 heavy (non-hydrogen) atoms. The van der Waals surface area contributed by atoms with E-state index in [1.54, 1.807) is 43.7 Å². The largest absolute Gasteiger partial charge is 0.398 e. The summed E-state index contributed by atoms with van der Waals surface area (Å²) in [5.41, 5.74) is 7.27. The van der Waals surface area contributed by atoms with Crippen LogP contribution in [0.1, 0.15) is 10.4 Å². The number of anilines is 2. The Morgan fingerprint density at radius 2 is 2.17 bits per heavy atom. The number of hydrogen-bond donors (Lipinski definition) is 1. The van der Waals surface area contributed by atoms with Gasteiger partial charge in [0.1, 0.15) is 0 Å². The normalized spacial score (nSPS) is 10.1. The fourth-order valence-electron chi connectivity index (χ4n) is 1.52. The summed E-state index contributed by atoms with van der Waals surface area (Å²) in [7, 11) is 1.68. The maximum Gasteiger partial charge on any atom is 0.258 e. The molecule has 0 spiro atoms. The van der Waals surface area contributed by atoms with Gasteiger partial charge in [-0.2, -0.15) is 0 Å². The summed E-state index contributed by atoms with van der Waals surface area (Å²) in [5.74, 6) is -0.162. The first kappa shape index (κ1) is 12.4. The van der Waals surface area contributed by atoms with Gasteiger partial charge in [0.05, 0.1) is 22.6 Å². The van der Waals surface area contributed by atoms with E-state index in [0.717, 1.165) is 5.69 Å². The number of nitrogens with two attached hydrogens (primary N) is 1. The maximum atomic E-state index is 12.2. The smallest absolute Gasteiger partial charge is 0.258 e.